The Bertz CT molecular complexity index is 479. The maximum absolute atomic E-state index is 6.44. The summed E-state index contributed by atoms with van der Waals surface area (Å²) in [5.74, 6) is 0.403. The van der Waals surface area contributed by atoms with Crippen LogP contribution in [0.4, 0.5) is 0 Å². The molecule has 0 fully saturated rings. The van der Waals surface area contributed by atoms with Gasteiger partial charge in [-0.25, -0.2) is 0 Å². The number of alkyl halides is 1. The molecule has 0 amide bonds. The van der Waals surface area contributed by atoms with E-state index < -0.39 is 0 Å². The zero-order valence-electron chi connectivity index (χ0n) is 19.9. The molecule has 2 nitrogen and oxygen atoms in total. The molecule has 1 aromatic carbocycles. The SMILES string of the molecule is CCCCCCCCCCCCCC(CC)OC(OCc1ccccc1)C(C)CI. The van der Waals surface area contributed by atoms with Gasteiger partial charge in [0.25, 0.3) is 0 Å². The van der Waals surface area contributed by atoms with Crippen molar-refractivity contribution in [3.63, 3.8) is 0 Å². The molecule has 3 atom stereocenters. The summed E-state index contributed by atoms with van der Waals surface area (Å²) in [6.07, 6.45) is 17.7. The van der Waals surface area contributed by atoms with Crippen LogP contribution in [-0.4, -0.2) is 16.8 Å². The van der Waals surface area contributed by atoms with Gasteiger partial charge in [0.1, 0.15) is 0 Å². The summed E-state index contributed by atoms with van der Waals surface area (Å²) in [4.78, 5) is 0. The number of hydrogen-bond donors (Lipinski definition) is 0. The molecule has 0 heterocycles. The predicted octanol–water partition coefficient (Wildman–Crippen LogP) is 9.10. The summed E-state index contributed by atoms with van der Waals surface area (Å²) in [5, 5.41) is 0. The maximum atomic E-state index is 6.44. The van der Waals surface area contributed by atoms with Gasteiger partial charge in [0.15, 0.2) is 6.29 Å². The summed E-state index contributed by atoms with van der Waals surface area (Å²) in [6, 6.07) is 10.4. The normalized spacial score (nSPS) is 14.5. The fourth-order valence-corrected chi connectivity index (χ4v) is 4.17. The van der Waals surface area contributed by atoms with Gasteiger partial charge in [-0.1, -0.05) is 144 Å². The van der Waals surface area contributed by atoms with Crippen molar-refractivity contribution in [2.45, 2.75) is 123 Å². The summed E-state index contributed by atoms with van der Waals surface area (Å²) in [7, 11) is 0. The van der Waals surface area contributed by atoms with Gasteiger partial charge in [-0.2, -0.15) is 0 Å². The standard InChI is InChI=1S/C27H47IO2/c1-4-6-7-8-9-10-11-12-13-14-18-21-26(5-2)30-27(24(3)22-28)29-23-25-19-16-15-17-20-25/h15-17,19-20,24,26-27H,4-14,18,21-23H2,1-3H3. The van der Waals surface area contributed by atoms with Crippen LogP contribution in [0.1, 0.15) is 110 Å². The van der Waals surface area contributed by atoms with Gasteiger partial charge >= 0.3 is 0 Å². The van der Waals surface area contributed by atoms with Gasteiger partial charge in [0.2, 0.25) is 0 Å². The Morgan fingerprint density at radius 1 is 0.800 bits per heavy atom. The highest BCUT2D eigenvalue weighted by Gasteiger charge is 2.21. The first-order valence-corrected chi connectivity index (χ1v) is 14.1. The molecule has 174 valence electrons. The summed E-state index contributed by atoms with van der Waals surface area (Å²) < 4.78 is 13.7. The van der Waals surface area contributed by atoms with Crippen LogP contribution in [0.3, 0.4) is 0 Å². The molecule has 0 radical (unpaired) electrons. The summed E-state index contributed by atoms with van der Waals surface area (Å²) >= 11 is 2.44. The highest BCUT2D eigenvalue weighted by Crippen LogP contribution is 2.21. The minimum absolute atomic E-state index is 0.111. The van der Waals surface area contributed by atoms with E-state index in [2.05, 4.69) is 67.6 Å². The van der Waals surface area contributed by atoms with Crippen molar-refractivity contribution >= 4 is 22.6 Å². The Morgan fingerprint density at radius 2 is 1.37 bits per heavy atom. The van der Waals surface area contributed by atoms with Crippen molar-refractivity contribution in [1.82, 2.24) is 0 Å². The van der Waals surface area contributed by atoms with Crippen molar-refractivity contribution in [3.05, 3.63) is 35.9 Å². The molecule has 0 bridgehead atoms. The lowest BCUT2D eigenvalue weighted by molar-refractivity contribution is -0.198. The van der Waals surface area contributed by atoms with Gasteiger partial charge in [-0.05, 0) is 18.4 Å². The summed E-state index contributed by atoms with van der Waals surface area (Å²) in [5.41, 5.74) is 1.21. The van der Waals surface area contributed by atoms with Crippen molar-refractivity contribution in [1.29, 1.82) is 0 Å². The van der Waals surface area contributed by atoms with E-state index in [0.717, 1.165) is 17.3 Å². The largest absolute Gasteiger partial charge is 0.349 e. The molecule has 0 saturated carbocycles. The molecule has 1 rings (SSSR count). The molecule has 0 N–H and O–H groups in total. The molecule has 0 aliphatic carbocycles. The Hall–Kier alpha value is -0.130. The number of rotatable bonds is 20. The highest BCUT2D eigenvalue weighted by molar-refractivity contribution is 14.1. The molecule has 30 heavy (non-hydrogen) atoms. The van der Waals surface area contributed by atoms with E-state index in [-0.39, 0.29) is 6.29 Å². The molecule has 3 heteroatoms. The molecule has 1 aromatic rings. The van der Waals surface area contributed by atoms with Crippen LogP contribution >= 0.6 is 22.6 Å². The van der Waals surface area contributed by atoms with Crippen LogP contribution in [0.25, 0.3) is 0 Å². The first kappa shape index (κ1) is 27.9. The van der Waals surface area contributed by atoms with E-state index in [1.54, 1.807) is 0 Å². The third-order valence-electron chi connectivity index (χ3n) is 5.88. The lowest BCUT2D eigenvalue weighted by atomic mass is 10.0. The lowest BCUT2D eigenvalue weighted by Crippen LogP contribution is -2.31. The second kappa shape index (κ2) is 19.5. The fraction of sp³-hybridized carbons (Fsp3) is 0.778. The van der Waals surface area contributed by atoms with Crippen molar-refractivity contribution in [2.24, 2.45) is 5.92 Å². The Balaban J connectivity index is 2.19. The van der Waals surface area contributed by atoms with Gasteiger partial charge in [0, 0.05) is 10.3 Å². The Morgan fingerprint density at radius 3 is 1.90 bits per heavy atom. The van der Waals surface area contributed by atoms with Crippen LogP contribution in [0.2, 0.25) is 0 Å². The average Bonchev–Trinajstić information content (AvgIpc) is 2.79. The highest BCUT2D eigenvalue weighted by atomic mass is 127. The van der Waals surface area contributed by atoms with Crippen molar-refractivity contribution < 1.29 is 9.47 Å². The zero-order chi connectivity index (χ0) is 21.9. The first-order chi connectivity index (χ1) is 14.7. The van der Waals surface area contributed by atoms with Crippen LogP contribution in [-0.2, 0) is 16.1 Å². The van der Waals surface area contributed by atoms with E-state index in [1.165, 1.54) is 76.2 Å². The molecule has 0 spiro atoms. The minimum Gasteiger partial charge on any atom is -0.349 e. The molecular formula is C27H47IO2. The fourth-order valence-electron chi connectivity index (χ4n) is 3.76. The Kier molecular flexibility index (Phi) is 18.2. The minimum atomic E-state index is -0.111. The van der Waals surface area contributed by atoms with Crippen LogP contribution in [0, 0.1) is 5.92 Å². The monoisotopic (exact) mass is 530 g/mol. The van der Waals surface area contributed by atoms with E-state index in [0.29, 0.717) is 18.6 Å². The quantitative estimate of drug-likeness (QED) is 0.0725. The predicted molar refractivity (Wildman–Crippen MR) is 139 cm³/mol. The van der Waals surface area contributed by atoms with Crippen LogP contribution in [0.5, 0.6) is 0 Å². The number of halogens is 1. The number of ether oxygens (including phenoxy) is 2. The van der Waals surface area contributed by atoms with E-state index in [1.807, 2.05) is 6.07 Å². The van der Waals surface area contributed by atoms with E-state index >= 15 is 0 Å². The number of hydrogen-bond acceptors (Lipinski definition) is 2. The van der Waals surface area contributed by atoms with Crippen LogP contribution < -0.4 is 0 Å². The zero-order valence-corrected chi connectivity index (χ0v) is 22.1. The lowest BCUT2D eigenvalue weighted by Gasteiger charge is -2.28. The number of unbranched alkanes of at least 4 members (excludes halogenated alkanes) is 10. The third kappa shape index (κ3) is 14.0. The average molecular weight is 531 g/mol. The smallest absolute Gasteiger partial charge is 0.161 e. The van der Waals surface area contributed by atoms with Crippen molar-refractivity contribution in [2.75, 3.05) is 4.43 Å². The summed E-state index contributed by atoms with van der Waals surface area (Å²) in [6.45, 7) is 7.39. The van der Waals surface area contributed by atoms with Gasteiger partial charge in [-0.15, -0.1) is 0 Å². The first-order valence-electron chi connectivity index (χ1n) is 12.6. The topological polar surface area (TPSA) is 18.5 Å². The van der Waals surface area contributed by atoms with Gasteiger partial charge in [0.05, 0.1) is 12.7 Å². The molecule has 3 unspecified atom stereocenters. The maximum Gasteiger partial charge on any atom is 0.161 e. The second-order valence-corrected chi connectivity index (χ2v) is 9.67. The van der Waals surface area contributed by atoms with E-state index in [4.69, 9.17) is 9.47 Å². The molecular weight excluding hydrogens is 483 g/mol. The molecule has 0 saturated heterocycles. The van der Waals surface area contributed by atoms with Crippen molar-refractivity contribution in [3.8, 4) is 0 Å². The van der Waals surface area contributed by atoms with E-state index in [9.17, 15) is 0 Å². The molecule has 0 aliphatic heterocycles. The molecule has 0 aliphatic rings. The Labute approximate surface area is 201 Å². The second-order valence-electron chi connectivity index (χ2n) is 8.79. The van der Waals surface area contributed by atoms with Gasteiger partial charge in [-0.3, -0.25) is 0 Å². The number of benzene rings is 1. The molecule has 0 aromatic heterocycles. The van der Waals surface area contributed by atoms with Crippen LogP contribution in [0.15, 0.2) is 30.3 Å². The van der Waals surface area contributed by atoms with Gasteiger partial charge < -0.3 is 9.47 Å². The third-order valence-corrected chi connectivity index (χ3v) is 7.27.